The number of carboxylic acids is 3. The van der Waals surface area contributed by atoms with Crippen molar-refractivity contribution >= 4 is 51.9 Å². The highest BCUT2D eigenvalue weighted by Crippen LogP contribution is 2.13. The van der Waals surface area contributed by atoms with Crippen LogP contribution in [0.25, 0.3) is 0 Å². The van der Waals surface area contributed by atoms with E-state index in [-0.39, 0.29) is 0 Å². The number of hydrogen-bond acceptors (Lipinski definition) is 10. The molecule has 0 saturated carbocycles. The second kappa shape index (κ2) is 15.1. The first-order valence-electron chi connectivity index (χ1n) is 8.42. The maximum Gasteiger partial charge on any atom is 0.224 e. The van der Waals surface area contributed by atoms with Crippen molar-refractivity contribution in [3.05, 3.63) is 51.3 Å². The number of carbonyl (C=O) groups is 3. The summed E-state index contributed by atoms with van der Waals surface area (Å²) in [5.41, 5.74) is 3.15. The fourth-order valence-corrected chi connectivity index (χ4v) is 3.36. The summed E-state index contributed by atoms with van der Waals surface area (Å²) in [4.78, 5) is 30.0. The highest BCUT2D eigenvalue weighted by Gasteiger charge is 2.29. The second-order valence-corrected chi connectivity index (χ2v) is 8.26. The number of nitrogens with zero attached hydrogens (tertiary/aromatic N) is 3. The molecule has 3 heterocycles. The minimum Gasteiger partial charge on any atom is -0.550 e. The number of aryl methyl sites for hydroxylation is 3. The maximum atomic E-state index is 10.1. The molecule has 31 heavy (non-hydrogen) atoms. The highest BCUT2D eigenvalue weighted by atomic mass is 32.1. The summed E-state index contributed by atoms with van der Waals surface area (Å²) in [5, 5.41) is 45.1. The third-order valence-electron chi connectivity index (χ3n) is 3.06. The first kappa shape index (κ1) is 28.3. The Morgan fingerprint density at radius 1 is 0.742 bits per heavy atom. The van der Waals surface area contributed by atoms with Crippen molar-refractivity contribution in [2.24, 2.45) is 21.1 Å². The van der Waals surface area contributed by atoms with Crippen LogP contribution in [0.1, 0.15) is 12.8 Å². The number of thiazole rings is 3. The molecule has 0 spiro atoms. The smallest absolute Gasteiger partial charge is 0.224 e. The van der Waals surface area contributed by atoms with Crippen molar-refractivity contribution in [2.75, 3.05) is 0 Å². The zero-order valence-corrected chi connectivity index (χ0v) is 19.5. The summed E-state index contributed by atoms with van der Waals surface area (Å²) in [6.45, 7) is 0. The SMILES string of the molecule is C[n+]1ccsc1.C[n+]1ccsc1.C[n+]1ccsc1.O=C([O-])CC(O)(CC(=O)[O-])C(=O)[O-]. The van der Waals surface area contributed by atoms with E-state index in [1.54, 1.807) is 34.0 Å². The molecule has 0 unspecified atom stereocenters. The molecule has 3 aromatic rings. The van der Waals surface area contributed by atoms with Crippen molar-refractivity contribution in [1.29, 1.82) is 0 Å². The molecule has 13 heteroatoms. The lowest BCUT2D eigenvalue weighted by molar-refractivity contribution is -0.666. The Kier molecular flexibility index (Phi) is 13.8. The molecule has 1 N–H and O–H groups in total. The largest absolute Gasteiger partial charge is 0.550 e. The topological polar surface area (TPSA) is 152 Å². The van der Waals surface area contributed by atoms with Crippen molar-refractivity contribution in [3.8, 4) is 0 Å². The molecule has 0 aliphatic heterocycles. The predicted octanol–water partition coefficient (Wildman–Crippen LogP) is -3.53. The number of carboxylic acid groups (broad SMARTS) is 3. The van der Waals surface area contributed by atoms with Gasteiger partial charge in [-0.3, -0.25) is 0 Å². The number of carbonyl (C=O) groups excluding carboxylic acids is 3. The van der Waals surface area contributed by atoms with Gasteiger partial charge in [0.05, 0.1) is 22.1 Å². The van der Waals surface area contributed by atoms with E-state index in [4.69, 9.17) is 5.11 Å². The number of rotatable bonds is 5. The first-order valence-corrected chi connectivity index (χ1v) is 11.2. The molecule has 0 radical (unpaired) electrons. The summed E-state index contributed by atoms with van der Waals surface area (Å²) in [5.74, 6) is -5.98. The van der Waals surface area contributed by atoms with Crippen molar-refractivity contribution in [1.82, 2.24) is 0 Å². The fourth-order valence-electron chi connectivity index (χ4n) is 1.58. The van der Waals surface area contributed by atoms with E-state index in [0.29, 0.717) is 0 Å². The van der Waals surface area contributed by atoms with E-state index in [0.717, 1.165) is 0 Å². The average molecular weight is 490 g/mol. The van der Waals surface area contributed by atoms with Crippen LogP contribution in [0.2, 0.25) is 0 Å². The second-order valence-electron chi connectivity index (χ2n) is 5.99. The van der Waals surface area contributed by atoms with Gasteiger partial charge in [-0.25, -0.2) is 0 Å². The molecule has 0 aromatic carbocycles. The molecule has 0 atom stereocenters. The van der Waals surface area contributed by atoms with Gasteiger partial charge in [-0.15, -0.1) is 0 Å². The number of hydrogen-bond donors (Lipinski definition) is 1. The third-order valence-corrected chi connectivity index (χ3v) is 5.26. The van der Waals surface area contributed by atoms with Gasteiger partial charge < -0.3 is 34.8 Å². The van der Waals surface area contributed by atoms with Crippen LogP contribution < -0.4 is 29.0 Å². The lowest BCUT2D eigenvalue weighted by atomic mass is 9.96. The van der Waals surface area contributed by atoms with Crippen LogP contribution in [-0.4, -0.2) is 28.6 Å². The van der Waals surface area contributed by atoms with Gasteiger partial charge in [-0.2, -0.15) is 13.7 Å². The number of aliphatic carboxylic acids is 3. The quantitative estimate of drug-likeness (QED) is 0.365. The Morgan fingerprint density at radius 3 is 1.13 bits per heavy atom. The Labute approximate surface area is 191 Å². The van der Waals surface area contributed by atoms with Gasteiger partial charge in [-0.1, -0.05) is 34.0 Å². The predicted molar refractivity (Wildman–Crippen MR) is 106 cm³/mol. The Bertz CT molecular complexity index is 790. The van der Waals surface area contributed by atoms with Gasteiger partial charge in [0.15, 0.2) is 18.6 Å². The monoisotopic (exact) mass is 489 g/mol. The van der Waals surface area contributed by atoms with Crippen molar-refractivity contribution in [3.63, 3.8) is 0 Å². The summed E-state index contributed by atoms with van der Waals surface area (Å²) >= 11 is 5.11. The minimum atomic E-state index is -2.97. The van der Waals surface area contributed by atoms with Gasteiger partial charge in [0, 0.05) is 24.8 Å². The van der Waals surface area contributed by atoms with E-state index in [2.05, 4.69) is 0 Å². The molecule has 170 valence electrons. The number of aromatic nitrogens is 3. The summed E-state index contributed by atoms with van der Waals surface area (Å²) in [7, 11) is 6.03. The lowest BCUT2D eigenvalue weighted by Gasteiger charge is -2.29. The summed E-state index contributed by atoms with van der Waals surface area (Å²) in [6, 6.07) is 0. The van der Waals surface area contributed by atoms with Gasteiger partial charge in [0.2, 0.25) is 16.5 Å². The summed E-state index contributed by atoms with van der Waals surface area (Å²) in [6.07, 6.45) is 3.34. The van der Waals surface area contributed by atoms with Crippen LogP contribution in [0, 0.1) is 0 Å². The molecule has 0 aliphatic rings. The van der Waals surface area contributed by atoms with Gasteiger partial charge in [-0.05, 0) is 0 Å². The van der Waals surface area contributed by atoms with E-state index in [1.807, 2.05) is 86.1 Å². The van der Waals surface area contributed by atoms with Gasteiger partial charge in [0.25, 0.3) is 0 Å². The first-order chi connectivity index (χ1) is 14.5. The normalized spacial score (nSPS) is 9.68. The van der Waals surface area contributed by atoms with E-state index in [9.17, 15) is 29.7 Å². The average Bonchev–Trinajstić information content (AvgIpc) is 3.40. The molecule has 10 nitrogen and oxygen atoms in total. The standard InChI is InChI=1S/C6H8O7.3C4H6NS/c7-3(8)1-6(13,5(11)12)2-4(9)10;3*1-5-2-3-6-4-5/h13H,1-2H2,(H,7,8)(H,9,10)(H,11,12);3*2-4H,1H3/q;3*+1/p-3. The Hall–Kier alpha value is -2.74. The summed E-state index contributed by atoms with van der Waals surface area (Å²) < 4.78 is 6.06. The van der Waals surface area contributed by atoms with E-state index in [1.165, 1.54) is 0 Å². The Balaban J connectivity index is 0.000000416. The Morgan fingerprint density at radius 2 is 1.03 bits per heavy atom. The fraction of sp³-hybridized carbons (Fsp3) is 0.333. The molecular formula is C18H23N3O7S3. The molecule has 0 amide bonds. The molecule has 0 saturated heterocycles. The zero-order chi connectivity index (χ0) is 23.9. The maximum absolute atomic E-state index is 10.1. The third kappa shape index (κ3) is 14.8. The van der Waals surface area contributed by atoms with Crippen LogP contribution in [0.4, 0.5) is 0 Å². The molecule has 3 rings (SSSR count). The van der Waals surface area contributed by atoms with Crippen LogP contribution in [0.5, 0.6) is 0 Å². The molecule has 3 aromatic heterocycles. The molecular weight excluding hydrogens is 466 g/mol. The van der Waals surface area contributed by atoms with Crippen molar-refractivity contribution in [2.45, 2.75) is 18.4 Å². The van der Waals surface area contributed by atoms with Gasteiger partial charge >= 0.3 is 0 Å². The van der Waals surface area contributed by atoms with Crippen LogP contribution in [0.3, 0.4) is 0 Å². The highest BCUT2D eigenvalue weighted by molar-refractivity contribution is 7.07. The molecule has 0 aliphatic carbocycles. The van der Waals surface area contributed by atoms with E-state index >= 15 is 0 Å². The van der Waals surface area contributed by atoms with E-state index < -0.39 is 36.4 Å². The molecule has 0 fully saturated rings. The van der Waals surface area contributed by atoms with Crippen LogP contribution in [0.15, 0.2) is 51.3 Å². The number of aliphatic hydroxyl groups is 1. The van der Waals surface area contributed by atoms with Gasteiger partial charge in [0.1, 0.15) is 26.7 Å². The van der Waals surface area contributed by atoms with Crippen LogP contribution >= 0.6 is 34.0 Å². The lowest BCUT2D eigenvalue weighted by Crippen LogP contribution is -2.54. The van der Waals surface area contributed by atoms with Crippen molar-refractivity contribution < 1.29 is 48.5 Å². The van der Waals surface area contributed by atoms with Crippen LogP contribution in [-0.2, 0) is 35.5 Å². The minimum absolute atomic E-state index is 1.36. The zero-order valence-electron chi connectivity index (χ0n) is 17.1. The molecule has 0 bridgehead atoms.